The lowest BCUT2D eigenvalue weighted by atomic mass is 10.2. The molecule has 4 heteroatoms. The van der Waals surface area contributed by atoms with Gasteiger partial charge in [0.25, 0.3) is 0 Å². The van der Waals surface area contributed by atoms with E-state index >= 15 is 0 Å². The number of hydrogen-bond donors (Lipinski definition) is 1. The molecule has 1 aromatic heterocycles. The lowest BCUT2D eigenvalue weighted by molar-refractivity contribution is -0.120. The van der Waals surface area contributed by atoms with Gasteiger partial charge in [-0.3, -0.25) is 4.79 Å². The highest BCUT2D eigenvalue weighted by molar-refractivity contribution is 5.82. The third kappa shape index (κ3) is 2.62. The smallest absolute Gasteiger partial charge is 0.239 e. The van der Waals surface area contributed by atoms with Gasteiger partial charge in [0.2, 0.25) is 5.91 Å². The monoisotopic (exact) mass is 256 g/mol. The van der Waals surface area contributed by atoms with E-state index in [1.807, 2.05) is 24.3 Å². The number of furan rings is 1. The van der Waals surface area contributed by atoms with Crippen LogP contribution in [0, 0.1) is 0 Å². The molecule has 0 saturated carbocycles. The second kappa shape index (κ2) is 5.18. The Balaban J connectivity index is 1.56. The van der Waals surface area contributed by atoms with Crippen molar-refractivity contribution >= 4 is 11.6 Å². The van der Waals surface area contributed by atoms with E-state index in [2.05, 4.69) is 22.3 Å². The number of nitrogens with zero attached hydrogens (tertiary/aromatic N) is 1. The van der Waals surface area contributed by atoms with Gasteiger partial charge in [-0.2, -0.15) is 0 Å². The molecule has 4 nitrogen and oxygen atoms in total. The van der Waals surface area contributed by atoms with Crippen LogP contribution in [0.15, 0.2) is 47.1 Å². The number of hydrogen-bond acceptors (Lipinski definition) is 3. The second-order valence-electron chi connectivity index (χ2n) is 4.66. The Kier molecular flexibility index (Phi) is 3.23. The summed E-state index contributed by atoms with van der Waals surface area (Å²) in [5.41, 5.74) is 2.50. The zero-order chi connectivity index (χ0) is 13.1. The van der Waals surface area contributed by atoms with Gasteiger partial charge in [-0.1, -0.05) is 18.2 Å². The topological polar surface area (TPSA) is 45.5 Å². The summed E-state index contributed by atoms with van der Waals surface area (Å²) in [5, 5.41) is 2.87. The van der Waals surface area contributed by atoms with Crippen molar-refractivity contribution in [3.63, 3.8) is 0 Å². The molecule has 0 saturated heterocycles. The van der Waals surface area contributed by atoms with Gasteiger partial charge in [-0.15, -0.1) is 0 Å². The summed E-state index contributed by atoms with van der Waals surface area (Å²) in [5.74, 6) is 0.795. The van der Waals surface area contributed by atoms with Crippen molar-refractivity contribution in [2.24, 2.45) is 0 Å². The van der Waals surface area contributed by atoms with E-state index in [-0.39, 0.29) is 5.91 Å². The maximum Gasteiger partial charge on any atom is 0.239 e. The number of fused-ring (bicyclic) bond motifs is 1. The van der Waals surface area contributed by atoms with E-state index in [4.69, 9.17) is 4.42 Å². The molecule has 0 fully saturated rings. The number of para-hydroxylation sites is 1. The predicted octanol–water partition coefficient (Wildman–Crippen LogP) is 1.96. The highest BCUT2D eigenvalue weighted by Gasteiger charge is 2.20. The minimum atomic E-state index is 0.0214. The standard InChI is InChI=1S/C15H16N2O2/c18-15(16-10-13-5-3-9-19-13)11-17-8-7-12-4-1-2-6-14(12)17/h1-6,9H,7-8,10-11H2,(H,16,18). The highest BCUT2D eigenvalue weighted by atomic mass is 16.3. The molecule has 1 N–H and O–H groups in total. The van der Waals surface area contributed by atoms with Crippen LogP contribution >= 0.6 is 0 Å². The minimum absolute atomic E-state index is 0.0214. The van der Waals surface area contributed by atoms with Crippen LogP contribution in [0.2, 0.25) is 0 Å². The number of anilines is 1. The van der Waals surface area contributed by atoms with E-state index in [0.29, 0.717) is 13.1 Å². The lowest BCUT2D eigenvalue weighted by Gasteiger charge is -2.18. The molecule has 2 heterocycles. The van der Waals surface area contributed by atoms with Crippen molar-refractivity contribution < 1.29 is 9.21 Å². The molecule has 98 valence electrons. The van der Waals surface area contributed by atoms with E-state index < -0.39 is 0 Å². The van der Waals surface area contributed by atoms with E-state index in [0.717, 1.165) is 18.7 Å². The molecule has 0 atom stereocenters. The van der Waals surface area contributed by atoms with Gasteiger partial charge in [0.15, 0.2) is 0 Å². The molecule has 19 heavy (non-hydrogen) atoms. The van der Waals surface area contributed by atoms with Crippen LogP contribution < -0.4 is 10.2 Å². The van der Waals surface area contributed by atoms with Crippen LogP contribution in [0.5, 0.6) is 0 Å². The molecule has 0 unspecified atom stereocenters. The Morgan fingerprint density at radius 3 is 3.00 bits per heavy atom. The predicted molar refractivity (Wildman–Crippen MR) is 72.9 cm³/mol. The van der Waals surface area contributed by atoms with Gasteiger partial charge < -0.3 is 14.6 Å². The molecular weight excluding hydrogens is 240 g/mol. The third-order valence-electron chi connectivity index (χ3n) is 3.36. The van der Waals surface area contributed by atoms with Gasteiger partial charge in [-0.25, -0.2) is 0 Å². The molecule has 1 aliphatic heterocycles. The second-order valence-corrected chi connectivity index (χ2v) is 4.66. The zero-order valence-electron chi connectivity index (χ0n) is 10.6. The fourth-order valence-corrected chi connectivity index (χ4v) is 2.40. The molecular formula is C15H16N2O2. The van der Waals surface area contributed by atoms with E-state index in [9.17, 15) is 4.79 Å². The van der Waals surface area contributed by atoms with Crippen molar-refractivity contribution in [1.82, 2.24) is 5.32 Å². The number of carbonyl (C=O) groups is 1. The fraction of sp³-hybridized carbons (Fsp3) is 0.267. The first-order valence-corrected chi connectivity index (χ1v) is 6.45. The van der Waals surface area contributed by atoms with Crippen molar-refractivity contribution in [3.05, 3.63) is 54.0 Å². The van der Waals surface area contributed by atoms with Crippen LogP contribution in [0.4, 0.5) is 5.69 Å². The summed E-state index contributed by atoms with van der Waals surface area (Å²) in [6.07, 6.45) is 2.62. The minimum Gasteiger partial charge on any atom is -0.467 e. The maximum absolute atomic E-state index is 11.9. The SMILES string of the molecule is O=C(CN1CCc2ccccc21)NCc1ccco1. The largest absolute Gasteiger partial charge is 0.467 e. The maximum atomic E-state index is 11.9. The first-order chi connectivity index (χ1) is 9.33. The van der Waals surface area contributed by atoms with E-state index in [1.165, 1.54) is 11.3 Å². The quantitative estimate of drug-likeness (QED) is 0.909. The van der Waals surface area contributed by atoms with Gasteiger partial charge in [0.05, 0.1) is 19.4 Å². The lowest BCUT2D eigenvalue weighted by Crippen LogP contribution is -2.36. The van der Waals surface area contributed by atoms with E-state index in [1.54, 1.807) is 6.26 Å². The first-order valence-electron chi connectivity index (χ1n) is 6.45. The summed E-state index contributed by atoms with van der Waals surface area (Å²) in [7, 11) is 0. The van der Waals surface area contributed by atoms with Gasteiger partial charge in [0, 0.05) is 12.2 Å². The molecule has 1 aromatic carbocycles. The Hall–Kier alpha value is -2.23. The average molecular weight is 256 g/mol. The van der Waals surface area contributed by atoms with Gasteiger partial charge in [-0.05, 0) is 30.2 Å². The van der Waals surface area contributed by atoms with Crippen molar-refractivity contribution in [2.45, 2.75) is 13.0 Å². The van der Waals surface area contributed by atoms with Crippen LogP contribution in [0.1, 0.15) is 11.3 Å². The molecule has 0 aliphatic carbocycles. The van der Waals surface area contributed by atoms with Crippen molar-refractivity contribution in [2.75, 3.05) is 18.0 Å². The molecule has 0 radical (unpaired) electrons. The van der Waals surface area contributed by atoms with Crippen molar-refractivity contribution in [1.29, 1.82) is 0 Å². The third-order valence-corrected chi connectivity index (χ3v) is 3.36. The Morgan fingerprint density at radius 1 is 1.26 bits per heavy atom. The molecule has 1 aliphatic rings. The number of rotatable bonds is 4. The van der Waals surface area contributed by atoms with Gasteiger partial charge >= 0.3 is 0 Å². The Morgan fingerprint density at radius 2 is 2.16 bits per heavy atom. The number of amides is 1. The van der Waals surface area contributed by atoms with Crippen molar-refractivity contribution in [3.8, 4) is 0 Å². The first kappa shape index (κ1) is 11.8. The summed E-state index contributed by atoms with van der Waals surface area (Å²) in [6, 6.07) is 11.9. The zero-order valence-corrected chi connectivity index (χ0v) is 10.6. The number of carbonyl (C=O) groups excluding carboxylic acids is 1. The summed E-state index contributed by atoms with van der Waals surface area (Å²) in [4.78, 5) is 14.0. The molecule has 0 bridgehead atoms. The van der Waals surface area contributed by atoms with Crippen LogP contribution in [0.25, 0.3) is 0 Å². The van der Waals surface area contributed by atoms with Crippen LogP contribution in [-0.4, -0.2) is 19.0 Å². The number of nitrogens with one attached hydrogen (secondary N) is 1. The highest BCUT2D eigenvalue weighted by Crippen LogP contribution is 2.26. The molecule has 0 spiro atoms. The van der Waals surface area contributed by atoms with Crippen LogP contribution in [-0.2, 0) is 17.8 Å². The normalized spacial score (nSPS) is 13.4. The van der Waals surface area contributed by atoms with Crippen LogP contribution in [0.3, 0.4) is 0 Å². The number of benzene rings is 1. The van der Waals surface area contributed by atoms with Gasteiger partial charge in [0.1, 0.15) is 5.76 Å². The summed E-state index contributed by atoms with van der Waals surface area (Å²) in [6.45, 7) is 1.76. The summed E-state index contributed by atoms with van der Waals surface area (Å²) < 4.78 is 5.18. The Labute approximate surface area is 112 Å². The Bertz CT molecular complexity index is 563. The molecule has 2 aromatic rings. The molecule has 1 amide bonds. The summed E-state index contributed by atoms with van der Waals surface area (Å²) >= 11 is 0. The fourth-order valence-electron chi connectivity index (χ4n) is 2.40. The molecule has 3 rings (SSSR count). The average Bonchev–Trinajstić information content (AvgIpc) is 3.07.